The summed E-state index contributed by atoms with van der Waals surface area (Å²) >= 11 is 0. The van der Waals surface area contributed by atoms with E-state index in [0.717, 1.165) is 30.6 Å². The minimum atomic E-state index is 0.729. The Hall–Kier alpha value is -1.41. The Kier molecular flexibility index (Phi) is 3.20. The van der Waals surface area contributed by atoms with Crippen LogP contribution in [0.25, 0.3) is 10.9 Å². The monoisotopic (exact) mass is 214 g/mol. The van der Waals surface area contributed by atoms with Gasteiger partial charge in [0.1, 0.15) is 0 Å². The first-order valence-corrected chi connectivity index (χ1v) is 5.77. The van der Waals surface area contributed by atoms with Crippen molar-refractivity contribution < 1.29 is 0 Å². The van der Waals surface area contributed by atoms with Gasteiger partial charge >= 0.3 is 0 Å². The van der Waals surface area contributed by atoms with E-state index < -0.39 is 0 Å². The van der Waals surface area contributed by atoms with E-state index in [4.69, 9.17) is 5.73 Å². The summed E-state index contributed by atoms with van der Waals surface area (Å²) in [6.07, 6.45) is 1.98. The quantitative estimate of drug-likeness (QED) is 0.853. The van der Waals surface area contributed by atoms with Crippen molar-refractivity contribution in [2.45, 2.75) is 26.7 Å². The molecule has 1 aromatic carbocycles. The lowest BCUT2D eigenvalue weighted by atomic mass is 10.1. The second-order valence-corrected chi connectivity index (χ2v) is 4.34. The van der Waals surface area contributed by atoms with Crippen molar-refractivity contribution in [2.24, 2.45) is 5.73 Å². The molecule has 0 unspecified atom stereocenters. The van der Waals surface area contributed by atoms with Gasteiger partial charge in [-0.25, -0.2) is 0 Å². The molecule has 0 aliphatic carbocycles. The number of aryl methyl sites for hydroxylation is 3. The summed E-state index contributed by atoms with van der Waals surface area (Å²) in [5, 5.41) is 1.26. The molecule has 0 aliphatic heterocycles. The highest BCUT2D eigenvalue weighted by atomic mass is 14.7. The largest absolute Gasteiger partial charge is 0.330 e. The van der Waals surface area contributed by atoms with Crippen molar-refractivity contribution in [3.63, 3.8) is 0 Å². The van der Waals surface area contributed by atoms with E-state index in [2.05, 4.69) is 43.1 Å². The Balaban J connectivity index is 2.46. The van der Waals surface area contributed by atoms with Crippen LogP contribution in [-0.4, -0.2) is 11.5 Å². The summed E-state index contributed by atoms with van der Waals surface area (Å²) in [5.74, 6) is 0. The third-order valence-corrected chi connectivity index (χ3v) is 2.86. The molecule has 0 bridgehead atoms. The molecule has 2 heteroatoms. The number of fused-ring (bicyclic) bond motifs is 1. The minimum Gasteiger partial charge on any atom is -0.330 e. The molecule has 2 nitrogen and oxygen atoms in total. The fourth-order valence-electron chi connectivity index (χ4n) is 1.99. The minimum absolute atomic E-state index is 0.729. The molecule has 1 heterocycles. The fourth-order valence-corrected chi connectivity index (χ4v) is 1.99. The van der Waals surface area contributed by atoms with Crippen LogP contribution < -0.4 is 5.73 Å². The van der Waals surface area contributed by atoms with Gasteiger partial charge < -0.3 is 5.73 Å². The maximum atomic E-state index is 5.52. The van der Waals surface area contributed by atoms with Crippen LogP contribution in [-0.2, 0) is 6.42 Å². The molecule has 2 aromatic rings. The summed E-state index contributed by atoms with van der Waals surface area (Å²) in [7, 11) is 0. The predicted molar refractivity (Wildman–Crippen MR) is 68.6 cm³/mol. The van der Waals surface area contributed by atoms with Gasteiger partial charge in [-0.15, -0.1) is 0 Å². The molecule has 1 aromatic heterocycles. The fraction of sp³-hybridized carbons (Fsp3) is 0.357. The van der Waals surface area contributed by atoms with Crippen LogP contribution in [0.15, 0.2) is 24.3 Å². The first kappa shape index (κ1) is 11.1. The van der Waals surface area contributed by atoms with Gasteiger partial charge in [-0.2, -0.15) is 0 Å². The van der Waals surface area contributed by atoms with Gasteiger partial charge in [0, 0.05) is 11.1 Å². The Morgan fingerprint density at radius 3 is 2.75 bits per heavy atom. The molecular formula is C14H18N2. The van der Waals surface area contributed by atoms with Crippen LogP contribution in [0.4, 0.5) is 0 Å². The summed E-state index contributed by atoms with van der Waals surface area (Å²) in [6.45, 7) is 4.99. The average molecular weight is 214 g/mol. The zero-order valence-electron chi connectivity index (χ0n) is 9.96. The number of aromatic nitrogens is 1. The smallest absolute Gasteiger partial charge is 0.0708 e. The van der Waals surface area contributed by atoms with Gasteiger partial charge in [0.15, 0.2) is 0 Å². The molecule has 0 aliphatic rings. The topological polar surface area (TPSA) is 38.9 Å². The third-order valence-electron chi connectivity index (χ3n) is 2.86. The van der Waals surface area contributed by atoms with Crippen LogP contribution in [0.2, 0.25) is 0 Å². The van der Waals surface area contributed by atoms with Gasteiger partial charge in [-0.1, -0.05) is 11.6 Å². The molecule has 0 saturated heterocycles. The Morgan fingerprint density at radius 1 is 1.19 bits per heavy atom. The molecule has 0 atom stereocenters. The van der Waals surface area contributed by atoms with E-state index >= 15 is 0 Å². The van der Waals surface area contributed by atoms with E-state index in [0.29, 0.717) is 0 Å². The molecule has 16 heavy (non-hydrogen) atoms. The van der Waals surface area contributed by atoms with Gasteiger partial charge in [0.25, 0.3) is 0 Å². The maximum absolute atomic E-state index is 5.52. The molecule has 2 rings (SSSR count). The second kappa shape index (κ2) is 4.62. The summed E-state index contributed by atoms with van der Waals surface area (Å²) in [4.78, 5) is 4.66. The van der Waals surface area contributed by atoms with Crippen LogP contribution in [0.1, 0.15) is 23.2 Å². The van der Waals surface area contributed by atoms with Gasteiger partial charge in [-0.05, 0) is 57.0 Å². The molecule has 0 saturated carbocycles. The lowest BCUT2D eigenvalue weighted by Gasteiger charge is -2.06. The number of hydrogen-bond donors (Lipinski definition) is 1. The first-order chi connectivity index (χ1) is 7.70. The molecule has 2 N–H and O–H groups in total. The molecule has 0 radical (unpaired) electrons. The van der Waals surface area contributed by atoms with E-state index in [-0.39, 0.29) is 0 Å². The molecule has 0 spiro atoms. The van der Waals surface area contributed by atoms with E-state index in [1.807, 2.05) is 0 Å². The Labute approximate surface area is 96.5 Å². The van der Waals surface area contributed by atoms with Crippen molar-refractivity contribution in [3.05, 3.63) is 41.1 Å². The number of rotatable bonds is 3. The first-order valence-electron chi connectivity index (χ1n) is 5.77. The number of nitrogens with two attached hydrogens (primary N) is 1. The van der Waals surface area contributed by atoms with Crippen molar-refractivity contribution in [1.29, 1.82) is 0 Å². The van der Waals surface area contributed by atoms with Crippen LogP contribution in [0, 0.1) is 13.8 Å². The van der Waals surface area contributed by atoms with Crippen LogP contribution >= 0.6 is 0 Å². The summed E-state index contributed by atoms with van der Waals surface area (Å²) in [5.41, 5.74) is 10.4. The maximum Gasteiger partial charge on any atom is 0.0708 e. The van der Waals surface area contributed by atoms with Crippen molar-refractivity contribution in [3.8, 4) is 0 Å². The Bertz CT molecular complexity index is 503. The van der Waals surface area contributed by atoms with Gasteiger partial charge in [0.2, 0.25) is 0 Å². The highest BCUT2D eigenvalue weighted by Crippen LogP contribution is 2.19. The molecule has 0 amide bonds. The standard InChI is InChI=1S/C14H18N2/c1-10-5-6-14-13(8-10)11(2)9-12(16-14)4-3-7-15/h5-6,8-9H,3-4,7,15H2,1-2H3. The second-order valence-electron chi connectivity index (χ2n) is 4.34. The molecule has 84 valence electrons. The average Bonchev–Trinajstić information content (AvgIpc) is 2.27. The summed E-state index contributed by atoms with van der Waals surface area (Å²) in [6, 6.07) is 8.59. The molecular weight excluding hydrogens is 196 g/mol. The lowest BCUT2D eigenvalue weighted by Crippen LogP contribution is -2.02. The van der Waals surface area contributed by atoms with Crippen LogP contribution in [0.3, 0.4) is 0 Å². The number of hydrogen-bond acceptors (Lipinski definition) is 2. The summed E-state index contributed by atoms with van der Waals surface area (Å²) < 4.78 is 0. The highest BCUT2D eigenvalue weighted by Gasteiger charge is 2.02. The van der Waals surface area contributed by atoms with Gasteiger partial charge in [-0.3, -0.25) is 4.98 Å². The molecule has 0 fully saturated rings. The SMILES string of the molecule is Cc1ccc2nc(CCCN)cc(C)c2c1. The van der Waals surface area contributed by atoms with Crippen molar-refractivity contribution in [1.82, 2.24) is 4.98 Å². The Morgan fingerprint density at radius 2 is 2.00 bits per heavy atom. The van der Waals surface area contributed by atoms with E-state index in [1.54, 1.807) is 0 Å². The zero-order valence-corrected chi connectivity index (χ0v) is 9.96. The van der Waals surface area contributed by atoms with Gasteiger partial charge in [0.05, 0.1) is 5.52 Å². The van der Waals surface area contributed by atoms with Crippen molar-refractivity contribution in [2.75, 3.05) is 6.54 Å². The lowest BCUT2D eigenvalue weighted by molar-refractivity contribution is 0.813. The third kappa shape index (κ3) is 2.22. The zero-order chi connectivity index (χ0) is 11.5. The number of benzene rings is 1. The predicted octanol–water partition coefficient (Wildman–Crippen LogP) is 2.74. The highest BCUT2D eigenvalue weighted by molar-refractivity contribution is 5.82. The normalized spacial score (nSPS) is 10.9. The van der Waals surface area contributed by atoms with E-state index in [9.17, 15) is 0 Å². The number of nitrogens with zero attached hydrogens (tertiary/aromatic N) is 1. The number of pyridine rings is 1. The van der Waals surface area contributed by atoms with Crippen LogP contribution in [0.5, 0.6) is 0 Å². The van der Waals surface area contributed by atoms with Crippen molar-refractivity contribution >= 4 is 10.9 Å². The van der Waals surface area contributed by atoms with E-state index in [1.165, 1.54) is 16.5 Å².